The molecule has 19 heavy (non-hydrogen) atoms. The Morgan fingerprint density at radius 3 is 2.95 bits per heavy atom. The van der Waals surface area contributed by atoms with Crippen LogP contribution >= 0.6 is 11.6 Å². The van der Waals surface area contributed by atoms with Crippen LogP contribution in [0.1, 0.15) is 23.2 Å². The number of nitrogens with zero attached hydrogens (tertiary/aromatic N) is 3. The summed E-state index contributed by atoms with van der Waals surface area (Å²) in [7, 11) is 1.61. The fourth-order valence-corrected chi connectivity index (χ4v) is 2.10. The second kappa shape index (κ2) is 6.14. The van der Waals surface area contributed by atoms with Crippen LogP contribution in [0.2, 0.25) is 5.02 Å². The molecule has 0 saturated carbocycles. The van der Waals surface area contributed by atoms with Gasteiger partial charge in [-0.05, 0) is 19.1 Å². The molecule has 1 unspecified atom stereocenters. The summed E-state index contributed by atoms with van der Waals surface area (Å²) in [4.78, 5) is 4.31. The second-order valence-corrected chi connectivity index (χ2v) is 4.61. The number of hydrogen-bond acceptors (Lipinski definition) is 4. The highest BCUT2D eigenvalue weighted by atomic mass is 35.5. The van der Waals surface area contributed by atoms with Crippen LogP contribution in [0.3, 0.4) is 0 Å². The van der Waals surface area contributed by atoms with E-state index < -0.39 is 6.10 Å². The van der Waals surface area contributed by atoms with Gasteiger partial charge in [0.15, 0.2) is 0 Å². The van der Waals surface area contributed by atoms with Gasteiger partial charge in [-0.3, -0.25) is 9.67 Å². The van der Waals surface area contributed by atoms with Crippen molar-refractivity contribution in [3.8, 4) is 0 Å². The Labute approximate surface area is 116 Å². The van der Waals surface area contributed by atoms with Gasteiger partial charge in [0, 0.05) is 12.8 Å². The van der Waals surface area contributed by atoms with E-state index >= 15 is 0 Å². The minimum absolute atomic E-state index is 0.423. The van der Waals surface area contributed by atoms with E-state index in [9.17, 15) is 5.11 Å². The number of aliphatic hydroxyl groups is 1. The van der Waals surface area contributed by atoms with Crippen LogP contribution in [0.25, 0.3) is 0 Å². The molecule has 102 valence electrons. The molecular formula is C13H16ClN3O2. The number of ether oxygens (including phenoxy) is 1. The summed E-state index contributed by atoms with van der Waals surface area (Å²) < 4.78 is 6.65. The molecule has 0 aliphatic carbocycles. The highest BCUT2D eigenvalue weighted by Crippen LogP contribution is 2.27. The fourth-order valence-electron chi connectivity index (χ4n) is 1.86. The zero-order valence-corrected chi connectivity index (χ0v) is 11.6. The normalized spacial score (nSPS) is 12.6. The van der Waals surface area contributed by atoms with Crippen molar-refractivity contribution in [2.45, 2.75) is 19.6 Å². The van der Waals surface area contributed by atoms with E-state index in [-0.39, 0.29) is 0 Å². The summed E-state index contributed by atoms with van der Waals surface area (Å²) in [5, 5.41) is 15.0. The number of methoxy groups -OCH3 is 1. The molecule has 2 heterocycles. The number of hydrogen-bond donors (Lipinski definition) is 1. The maximum atomic E-state index is 10.4. The quantitative estimate of drug-likeness (QED) is 0.910. The molecule has 1 atom stereocenters. The van der Waals surface area contributed by atoms with E-state index in [2.05, 4.69) is 10.1 Å². The summed E-state index contributed by atoms with van der Waals surface area (Å²) in [6.45, 7) is 2.90. The third-order valence-electron chi connectivity index (χ3n) is 2.79. The van der Waals surface area contributed by atoms with Crippen LogP contribution < -0.4 is 0 Å². The van der Waals surface area contributed by atoms with Gasteiger partial charge >= 0.3 is 0 Å². The Balaban J connectivity index is 2.32. The maximum Gasteiger partial charge on any atom is 0.139 e. The van der Waals surface area contributed by atoms with Crippen LogP contribution in [0.15, 0.2) is 24.4 Å². The minimum atomic E-state index is -0.897. The summed E-state index contributed by atoms with van der Waals surface area (Å²) in [5.41, 5.74) is 1.94. The lowest BCUT2D eigenvalue weighted by atomic mass is 10.1. The van der Waals surface area contributed by atoms with Crippen molar-refractivity contribution >= 4 is 11.6 Å². The molecule has 0 radical (unpaired) electrons. The zero-order valence-electron chi connectivity index (χ0n) is 10.9. The first-order valence-corrected chi connectivity index (χ1v) is 6.33. The summed E-state index contributed by atoms with van der Waals surface area (Å²) in [6.07, 6.45) is 0.623. The Bertz CT molecular complexity index is 557. The molecule has 2 rings (SSSR count). The number of rotatable bonds is 5. The zero-order chi connectivity index (χ0) is 13.8. The van der Waals surface area contributed by atoms with Crippen LogP contribution in [0, 0.1) is 6.92 Å². The smallest absolute Gasteiger partial charge is 0.139 e. The molecule has 2 aromatic heterocycles. The highest BCUT2D eigenvalue weighted by Gasteiger charge is 2.20. The predicted molar refractivity (Wildman–Crippen MR) is 72.1 cm³/mol. The third kappa shape index (κ3) is 3.12. The monoisotopic (exact) mass is 281 g/mol. The Morgan fingerprint density at radius 1 is 1.47 bits per heavy atom. The first-order chi connectivity index (χ1) is 9.13. The molecule has 0 fully saturated rings. The van der Waals surface area contributed by atoms with Crippen LogP contribution in [0.5, 0.6) is 0 Å². The van der Waals surface area contributed by atoms with E-state index in [0.29, 0.717) is 29.6 Å². The lowest BCUT2D eigenvalue weighted by Gasteiger charge is -2.14. The third-order valence-corrected chi connectivity index (χ3v) is 3.08. The fraction of sp³-hybridized carbons (Fsp3) is 0.385. The van der Waals surface area contributed by atoms with Crippen molar-refractivity contribution in [2.24, 2.45) is 0 Å². The predicted octanol–water partition coefficient (Wildman–Crippen LogP) is 1.97. The molecule has 0 aliphatic rings. The summed E-state index contributed by atoms with van der Waals surface area (Å²) in [6, 6.07) is 5.49. The summed E-state index contributed by atoms with van der Waals surface area (Å²) >= 11 is 6.10. The molecule has 2 aromatic rings. The van der Waals surface area contributed by atoms with Crippen LogP contribution in [-0.4, -0.2) is 33.6 Å². The van der Waals surface area contributed by atoms with Gasteiger partial charge in [-0.15, -0.1) is 0 Å². The van der Waals surface area contributed by atoms with Crippen molar-refractivity contribution in [3.05, 3.63) is 46.5 Å². The van der Waals surface area contributed by atoms with Crippen molar-refractivity contribution in [1.82, 2.24) is 14.8 Å². The van der Waals surface area contributed by atoms with E-state index in [0.717, 1.165) is 5.69 Å². The maximum absolute atomic E-state index is 10.4. The topological polar surface area (TPSA) is 60.2 Å². The SMILES string of the molecule is COCCn1ncc(Cl)c1C(O)c1cccc(C)n1. The average Bonchev–Trinajstić information content (AvgIpc) is 2.76. The van der Waals surface area contributed by atoms with Crippen molar-refractivity contribution in [2.75, 3.05) is 13.7 Å². The molecule has 0 saturated heterocycles. The van der Waals surface area contributed by atoms with Gasteiger partial charge in [0.25, 0.3) is 0 Å². The van der Waals surface area contributed by atoms with Gasteiger partial charge in [0.1, 0.15) is 6.10 Å². The van der Waals surface area contributed by atoms with Gasteiger partial charge in [0.05, 0.1) is 35.8 Å². The lowest BCUT2D eigenvalue weighted by molar-refractivity contribution is 0.170. The lowest BCUT2D eigenvalue weighted by Crippen LogP contribution is -2.14. The van der Waals surface area contributed by atoms with E-state index in [4.69, 9.17) is 16.3 Å². The largest absolute Gasteiger partial charge is 0.383 e. The molecule has 0 amide bonds. The molecule has 1 N–H and O–H groups in total. The van der Waals surface area contributed by atoms with Gasteiger partial charge < -0.3 is 9.84 Å². The Hall–Kier alpha value is -1.43. The van der Waals surface area contributed by atoms with Gasteiger partial charge in [-0.2, -0.15) is 5.10 Å². The van der Waals surface area contributed by atoms with Gasteiger partial charge in [-0.25, -0.2) is 0 Å². The van der Waals surface area contributed by atoms with E-state index in [1.165, 1.54) is 6.20 Å². The number of pyridine rings is 1. The van der Waals surface area contributed by atoms with Crippen LogP contribution in [0.4, 0.5) is 0 Å². The van der Waals surface area contributed by atoms with Gasteiger partial charge in [-0.1, -0.05) is 17.7 Å². The van der Waals surface area contributed by atoms with Crippen LogP contribution in [-0.2, 0) is 11.3 Å². The molecular weight excluding hydrogens is 266 g/mol. The molecule has 0 spiro atoms. The summed E-state index contributed by atoms with van der Waals surface area (Å²) in [5.74, 6) is 0. The van der Waals surface area contributed by atoms with E-state index in [1.807, 2.05) is 19.1 Å². The Kier molecular flexibility index (Phi) is 4.52. The first-order valence-electron chi connectivity index (χ1n) is 5.95. The molecule has 6 heteroatoms. The second-order valence-electron chi connectivity index (χ2n) is 4.20. The number of aryl methyl sites for hydroxylation is 1. The number of halogens is 1. The highest BCUT2D eigenvalue weighted by molar-refractivity contribution is 6.31. The molecule has 0 aromatic carbocycles. The average molecular weight is 282 g/mol. The minimum Gasteiger partial charge on any atom is -0.383 e. The molecule has 0 bridgehead atoms. The van der Waals surface area contributed by atoms with Gasteiger partial charge in [0.2, 0.25) is 0 Å². The number of aromatic nitrogens is 3. The molecule has 5 nitrogen and oxygen atoms in total. The van der Waals surface area contributed by atoms with Crippen molar-refractivity contribution in [1.29, 1.82) is 0 Å². The van der Waals surface area contributed by atoms with Crippen molar-refractivity contribution < 1.29 is 9.84 Å². The Morgan fingerprint density at radius 2 is 2.26 bits per heavy atom. The first kappa shape index (κ1) is 14.0. The van der Waals surface area contributed by atoms with Crippen molar-refractivity contribution in [3.63, 3.8) is 0 Å². The molecule has 0 aliphatic heterocycles. The number of aliphatic hydroxyl groups excluding tert-OH is 1. The standard InChI is InChI=1S/C13H16ClN3O2/c1-9-4-3-5-11(16-9)13(18)12-10(14)8-15-17(12)6-7-19-2/h3-5,8,13,18H,6-7H2,1-2H3. The van der Waals surface area contributed by atoms with E-state index in [1.54, 1.807) is 17.9 Å².